The van der Waals surface area contributed by atoms with E-state index in [4.69, 9.17) is 10.5 Å². The zero-order chi connectivity index (χ0) is 14.5. The van der Waals surface area contributed by atoms with Crippen LogP contribution in [0.1, 0.15) is 19.3 Å². The predicted molar refractivity (Wildman–Crippen MR) is 86.7 cm³/mol. The molecule has 4 heteroatoms. The maximum absolute atomic E-state index is 6.20. The van der Waals surface area contributed by atoms with Crippen molar-refractivity contribution in [1.82, 2.24) is 4.90 Å². The van der Waals surface area contributed by atoms with Crippen LogP contribution in [-0.4, -0.2) is 56.4 Å². The average Bonchev–Trinajstić information content (AvgIpc) is 2.85. The van der Waals surface area contributed by atoms with E-state index in [0.717, 1.165) is 65.2 Å². The number of para-hydroxylation sites is 1. The summed E-state index contributed by atoms with van der Waals surface area (Å²) in [6, 6.07) is 10.7. The Bertz CT molecular complexity index is 421. The lowest BCUT2D eigenvalue weighted by Crippen LogP contribution is -2.60. The van der Waals surface area contributed by atoms with Crippen molar-refractivity contribution in [1.29, 1.82) is 0 Å². The lowest BCUT2D eigenvalue weighted by atomic mass is 9.85. The molecule has 2 heterocycles. The number of ether oxygens (including phenoxy) is 1. The van der Waals surface area contributed by atoms with Crippen molar-refractivity contribution in [2.45, 2.75) is 24.8 Å². The molecule has 0 radical (unpaired) electrons. The first-order chi connectivity index (χ1) is 10.3. The van der Waals surface area contributed by atoms with Crippen LogP contribution in [-0.2, 0) is 4.74 Å². The van der Waals surface area contributed by atoms with Crippen molar-refractivity contribution < 1.29 is 4.74 Å². The number of piperidine rings is 1. The quantitative estimate of drug-likeness (QED) is 0.920. The minimum atomic E-state index is 0.180. The fraction of sp³-hybridized carbons (Fsp3) is 0.647. The minimum Gasteiger partial charge on any atom is -0.380 e. The van der Waals surface area contributed by atoms with E-state index in [1.54, 1.807) is 0 Å². The molecule has 2 saturated heterocycles. The van der Waals surface area contributed by atoms with Gasteiger partial charge in [-0.25, -0.2) is 0 Å². The molecule has 2 fully saturated rings. The Morgan fingerprint density at radius 1 is 1.00 bits per heavy atom. The number of nitrogens with two attached hydrogens (primary N) is 1. The number of rotatable bonds is 3. The van der Waals surface area contributed by atoms with Gasteiger partial charge in [0.1, 0.15) is 0 Å². The third-order valence-corrected chi connectivity index (χ3v) is 5.09. The Balaban J connectivity index is 1.66. The molecule has 0 bridgehead atoms. The van der Waals surface area contributed by atoms with Crippen LogP contribution in [0.4, 0.5) is 5.69 Å². The molecular weight excluding hydrogens is 262 g/mol. The van der Waals surface area contributed by atoms with Gasteiger partial charge in [-0.3, -0.25) is 4.90 Å². The van der Waals surface area contributed by atoms with E-state index in [1.807, 2.05) is 0 Å². The van der Waals surface area contributed by atoms with Crippen LogP contribution in [0, 0.1) is 0 Å². The van der Waals surface area contributed by atoms with Gasteiger partial charge in [0.15, 0.2) is 0 Å². The van der Waals surface area contributed by atoms with E-state index in [9.17, 15) is 0 Å². The molecule has 0 unspecified atom stereocenters. The molecule has 21 heavy (non-hydrogen) atoms. The normalized spacial score (nSPS) is 23.8. The first-order valence-electron chi connectivity index (χ1n) is 8.17. The summed E-state index contributed by atoms with van der Waals surface area (Å²) in [5, 5.41) is 0. The molecule has 2 aliphatic heterocycles. The van der Waals surface area contributed by atoms with Gasteiger partial charge < -0.3 is 15.4 Å². The molecular formula is C17H27N3O. The SMILES string of the molecule is NCC1(N2CCCOCC2)CCN(c2ccccc2)CC1. The summed E-state index contributed by atoms with van der Waals surface area (Å²) in [6.07, 6.45) is 3.43. The van der Waals surface area contributed by atoms with E-state index >= 15 is 0 Å². The van der Waals surface area contributed by atoms with Gasteiger partial charge in [0.2, 0.25) is 0 Å². The van der Waals surface area contributed by atoms with E-state index in [-0.39, 0.29) is 5.54 Å². The van der Waals surface area contributed by atoms with Crippen LogP contribution in [0.3, 0.4) is 0 Å². The molecule has 2 aliphatic rings. The second kappa shape index (κ2) is 6.77. The largest absolute Gasteiger partial charge is 0.380 e. The highest BCUT2D eigenvalue weighted by Gasteiger charge is 2.38. The number of hydrogen-bond acceptors (Lipinski definition) is 4. The highest BCUT2D eigenvalue weighted by Crippen LogP contribution is 2.31. The number of nitrogens with zero attached hydrogens (tertiary/aromatic N) is 2. The van der Waals surface area contributed by atoms with Crippen molar-refractivity contribution in [3.8, 4) is 0 Å². The molecule has 116 valence electrons. The molecule has 3 rings (SSSR count). The van der Waals surface area contributed by atoms with Crippen molar-refractivity contribution in [2.75, 3.05) is 50.8 Å². The topological polar surface area (TPSA) is 41.7 Å². The highest BCUT2D eigenvalue weighted by molar-refractivity contribution is 5.46. The summed E-state index contributed by atoms with van der Waals surface area (Å²) in [4.78, 5) is 5.09. The van der Waals surface area contributed by atoms with E-state index < -0.39 is 0 Å². The fourth-order valence-corrected chi connectivity index (χ4v) is 3.69. The Morgan fingerprint density at radius 3 is 2.48 bits per heavy atom. The molecule has 0 aliphatic carbocycles. The molecule has 4 nitrogen and oxygen atoms in total. The van der Waals surface area contributed by atoms with E-state index in [1.165, 1.54) is 5.69 Å². The molecule has 0 amide bonds. The van der Waals surface area contributed by atoms with Crippen molar-refractivity contribution in [2.24, 2.45) is 5.73 Å². The first kappa shape index (κ1) is 14.8. The van der Waals surface area contributed by atoms with Crippen molar-refractivity contribution >= 4 is 5.69 Å². The van der Waals surface area contributed by atoms with Crippen LogP contribution in [0.2, 0.25) is 0 Å². The smallest absolute Gasteiger partial charge is 0.0593 e. The summed E-state index contributed by atoms with van der Waals surface area (Å²) in [5.74, 6) is 0. The summed E-state index contributed by atoms with van der Waals surface area (Å²) in [6.45, 7) is 6.86. The zero-order valence-corrected chi connectivity index (χ0v) is 12.8. The maximum atomic E-state index is 6.20. The Kier molecular flexibility index (Phi) is 4.78. The van der Waals surface area contributed by atoms with Gasteiger partial charge in [-0.1, -0.05) is 18.2 Å². The number of hydrogen-bond donors (Lipinski definition) is 1. The van der Waals surface area contributed by atoms with Crippen molar-refractivity contribution in [3.63, 3.8) is 0 Å². The standard InChI is InChI=1S/C17H27N3O/c18-15-17(20-9-4-13-21-14-12-20)7-10-19(11-8-17)16-5-2-1-3-6-16/h1-3,5-6H,4,7-15,18H2. The summed E-state index contributed by atoms with van der Waals surface area (Å²) >= 11 is 0. The lowest BCUT2D eigenvalue weighted by molar-refractivity contribution is 0.0623. The van der Waals surface area contributed by atoms with E-state index in [2.05, 4.69) is 40.1 Å². The van der Waals surface area contributed by atoms with Crippen LogP contribution in [0.15, 0.2) is 30.3 Å². The van der Waals surface area contributed by atoms with Gasteiger partial charge in [0.25, 0.3) is 0 Å². The second-order valence-electron chi connectivity index (χ2n) is 6.20. The Labute approximate surface area is 127 Å². The van der Waals surface area contributed by atoms with Crippen LogP contribution in [0.25, 0.3) is 0 Å². The molecule has 0 aromatic heterocycles. The minimum absolute atomic E-state index is 0.180. The molecule has 0 atom stereocenters. The Morgan fingerprint density at radius 2 is 1.76 bits per heavy atom. The summed E-state index contributed by atoms with van der Waals surface area (Å²) in [7, 11) is 0. The van der Waals surface area contributed by atoms with Crippen LogP contribution < -0.4 is 10.6 Å². The Hall–Kier alpha value is -1.10. The molecule has 0 spiro atoms. The zero-order valence-electron chi connectivity index (χ0n) is 12.8. The molecule has 1 aromatic rings. The highest BCUT2D eigenvalue weighted by atomic mass is 16.5. The fourth-order valence-electron chi connectivity index (χ4n) is 3.69. The average molecular weight is 289 g/mol. The number of anilines is 1. The van der Waals surface area contributed by atoms with E-state index in [0.29, 0.717) is 0 Å². The van der Waals surface area contributed by atoms with Gasteiger partial charge in [-0.05, 0) is 31.4 Å². The van der Waals surface area contributed by atoms with Gasteiger partial charge >= 0.3 is 0 Å². The second-order valence-corrected chi connectivity index (χ2v) is 6.20. The first-order valence-corrected chi connectivity index (χ1v) is 8.17. The van der Waals surface area contributed by atoms with Gasteiger partial charge in [0, 0.05) is 50.6 Å². The molecule has 2 N–H and O–H groups in total. The maximum Gasteiger partial charge on any atom is 0.0593 e. The number of benzene rings is 1. The third kappa shape index (κ3) is 3.23. The van der Waals surface area contributed by atoms with Crippen LogP contribution >= 0.6 is 0 Å². The lowest BCUT2D eigenvalue weighted by Gasteiger charge is -2.48. The molecule has 1 aromatic carbocycles. The molecule has 0 saturated carbocycles. The summed E-state index contributed by atoms with van der Waals surface area (Å²) < 4.78 is 5.60. The van der Waals surface area contributed by atoms with Gasteiger partial charge in [-0.2, -0.15) is 0 Å². The predicted octanol–water partition coefficient (Wildman–Crippen LogP) is 1.71. The monoisotopic (exact) mass is 289 g/mol. The van der Waals surface area contributed by atoms with Gasteiger partial charge in [-0.15, -0.1) is 0 Å². The van der Waals surface area contributed by atoms with Crippen molar-refractivity contribution in [3.05, 3.63) is 30.3 Å². The summed E-state index contributed by atoms with van der Waals surface area (Å²) in [5.41, 5.74) is 7.72. The van der Waals surface area contributed by atoms with Gasteiger partial charge in [0.05, 0.1) is 6.61 Å². The third-order valence-electron chi connectivity index (χ3n) is 5.09. The van der Waals surface area contributed by atoms with Crippen LogP contribution in [0.5, 0.6) is 0 Å².